The number of rotatable bonds is 1. The molecule has 62 valence electrons. The van der Waals surface area contributed by atoms with Gasteiger partial charge in [-0.3, -0.25) is 4.79 Å². The van der Waals surface area contributed by atoms with E-state index < -0.39 is 0 Å². The summed E-state index contributed by atoms with van der Waals surface area (Å²) in [5.41, 5.74) is 0. The zero-order valence-corrected chi connectivity index (χ0v) is 7.69. The van der Waals surface area contributed by atoms with Crippen molar-refractivity contribution in [2.45, 2.75) is 31.4 Å². The van der Waals surface area contributed by atoms with Crippen molar-refractivity contribution in [2.75, 3.05) is 5.75 Å². The van der Waals surface area contributed by atoms with Crippen LogP contribution in [0.5, 0.6) is 0 Å². The first-order valence-corrected chi connectivity index (χ1v) is 5.49. The van der Waals surface area contributed by atoms with Gasteiger partial charge in [0.1, 0.15) is 5.78 Å². The summed E-state index contributed by atoms with van der Waals surface area (Å²) in [6.45, 7) is 2.24. The topological polar surface area (TPSA) is 17.1 Å². The molecule has 1 unspecified atom stereocenters. The van der Waals surface area contributed by atoms with E-state index in [1.807, 2.05) is 0 Å². The van der Waals surface area contributed by atoms with Gasteiger partial charge in [-0.1, -0.05) is 6.92 Å². The monoisotopic (exact) mass is 170 g/mol. The highest BCUT2D eigenvalue weighted by Crippen LogP contribution is 2.46. The lowest BCUT2D eigenvalue weighted by Gasteiger charge is -2.13. The first-order chi connectivity index (χ1) is 5.31. The third kappa shape index (κ3) is 1.22. The van der Waals surface area contributed by atoms with Crippen molar-refractivity contribution in [3.8, 4) is 0 Å². The maximum Gasteiger partial charge on any atom is 0.133 e. The number of hydrogen-bond donors (Lipinski definition) is 0. The Morgan fingerprint density at radius 3 is 3.09 bits per heavy atom. The molecule has 1 saturated heterocycles. The van der Waals surface area contributed by atoms with Crippen LogP contribution in [0.1, 0.15) is 26.2 Å². The molecule has 0 aromatic carbocycles. The Morgan fingerprint density at radius 1 is 1.55 bits per heavy atom. The number of carbonyl (C=O) groups is 1. The number of fused-ring (bicyclic) bond motifs is 1. The van der Waals surface area contributed by atoms with E-state index >= 15 is 0 Å². The second-order valence-corrected chi connectivity index (χ2v) is 4.92. The number of carbonyl (C=O) groups excluding carboxylic acids is 1. The fourth-order valence-electron chi connectivity index (χ4n) is 2.37. The molecule has 2 aliphatic rings. The van der Waals surface area contributed by atoms with E-state index in [2.05, 4.69) is 18.7 Å². The fraction of sp³-hybridized carbons (Fsp3) is 0.889. The molecule has 1 nitrogen and oxygen atoms in total. The second kappa shape index (κ2) is 2.81. The average Bonchev–Trinajstić information content (AvgIpc) is 2.45. The minimum Gasteiger partial charge on any atom is -0.300 e. The van der Waals surface area contributed by atoms with Gasteiger partial charge in [-0.25, -0.2) is 0 Å². The van der Waals surface area contributed by atoms with Crippen molar-refractivity contribution >= 4 is 17.5 Å². The third-order valence-corrected chi connectivity index (χ3v) is 4.69. The van der Waals surface area contributed by atoms with Crippen molar-refractivity contribution in [1.82, 2.24) is 0 Å². The molecule has 1 aliphatic heterocycles. The first-order valence-electron chi connectivity index (χ1n) is 4.44. The highest BCUT2D eigenvalue weighted by Gasteiger charge is 2.42. The van der Waals surface area contributed by atoms with Crippen LogP contribution >= 0.6 is 11.8 Å². The predicted molar refractivity (Wildman–Crippen MR) is 47.8 cm³/mol. The Hall–Kier alpha value is 0.0200. The molecular weight excluding hydrogens is 156 g/mol. The molecule has 1 aliphatic carbocycles. The van der Waals surface area contributed by atoms with Crippen LogP contribution in [0.15, 0.2) is 0 Å². The average molecular weight is 170 g/mol. The molecule has 1 heterocycles. The van der Waals surface area contributed by atoms with E-state index in [1.54, 1.807) is 0 Å². The lowest BCUT2D eigenvalue weighted by Crippen LogP contribution is -2.12. The Labute approximate surface area is 71.9 Å². The summed E-state index contributed by atoms with van der Waals surface area (Å²) in [4.78, 5) is 11.1. The molecule has 2 heteroatoms. The number of hydrogen-bond acceptors (Lipinski definition) is 2. The Morgan fingerprint density at radius 2 is 2.36 bits per heavy atom. The van der Waals surface area contributed by atoms with Gasteiger partial charge in [-0.2, -0.15) is 11.8 Å². The zero-order valence-electron chi connectivity index (χ0n) is 6.88. The SMILES string of the molecule is CCC1SC[C@H]2CC(=O)C[C@@H]12. The zero-order chi connectivity index (χ0) is 7.84. The lowest BCUT2D eigenvalue weighted by atomic mass is 9.94. The summed E-state index contributed by atoms with van der Waals surface area (Å²) in [5.74, 6) is 3.25. The summed E-state index contributed by atoms with van der Waals surface area (Å²) in [6, 6.07) is 0. The third-order valence-electron chi connectivity index (χ3n) is 2.96. The summed E-state index contributed by atoms with van der Waals surface area (Å²) in [6.07, 6.45) is 3.02. The van der Waals surface area contributed by atoms with Gasteiger partial charge in [0.15, 0.2) is 0 Å². The molecule has 0 amide bonds. The van der Waals surface area contributed by atoms with Crippen LogP contribution in [-0.4, -0.2) is 16.8 Å². The van der Waals surface area contributed by atoms with Crippen molar-refractivity contribution in [1.29, 1.82) is 0 Å². The van der Waals surface area contributed by atoms with Gasteiger partial charge in [0.05, 0.1) is 0 Å². The van der Waals surface area contributed by atoms with E-state index in [4.69, 9.17) is 0 Å². The van der Waals surface area contributed by atoms with Gasteiger partial charge in [0, 0.05) is 18.1 Å². The molecule has 2 rings (SSSR count). The molecule has 0 aromatic rings. The maximum atomic E-state index is 11.1. The Kier molecular flexibility index (Phi) is 1.96. The normalized spacial score (nSPS) is 43.0. The van der Waals surface area contributed by atoms with Gasteiger partial charge < -0.3 is 0 Å². The van der Waals surface area contributed by atoms with Crippen LogP contribution in [0.4, 0.5) is 0 Å². The first kappa shape index (κ1) is 7.66. The molecule has 11 heavy (non-hydrogen) atoms. The van der Waals surface area contributed by atoms with Crippen LogP contribution in [0.25, 0.3) is 0 Å². The molecule has 0 bridgehead atoms. The summed E-state index contributed by atoms with van der Waals surface area (Å²) in [7, 11) is 0. The number of Topliss-reactive ketones (excluding diaryl/α,β-unsaturated/α-hetero) is 1. The quantitative estimate of drug-likeness (QED) is 0.599. The van der Waals surface area contributed by atoms with Gasteiger partial charge in [-0.15, -0.1) is 0 Å². The standard InChI is InChI=1S/C9H14OS/c1-2-9-8-4-7(10)3-6(8)5-11-9/h6,8-9H,2-5H2,1H3/t6-,8-,9?/m1/s1. The molecule has 0 radical (unpaired) electrons. The minimum atomic E-state index is 0.513. The summed E-state index contributed by atoms with van der Waals surface area (Å²) >= 11 is 2.08. The molecule has 0 spiro atoms. The highest BCUT2D eigenvalue weighted by atomic mass is 32.2. The van der Waals surface area contributed by atoms with E-state index in [1.165, 1.54) is 12.2 Å². The van der Waals surface area contributed by atoms with E-state index in [0.29, 0.717) is 5.78 Å². The van der Waals surface area contributed by atoms with Crippen LogP contribution in [0.2, 0.25) is 0 Å². The van der Waals surface area contributed by atoms with E-state index in [-0.39, 0.29) is 0 Å². The Bertz CT molecular complexity index is 178. The van der Waals surface area contributed by atoms with Gasteiger partial charge in [-0.05, 0) is 24.0 Å². The van der Waals surface area contributed by atoms with Crippen molar-refractivity contribution in [3.63, 3.8) is 0 Å². The molecule has 3 atom stereocenters. The largest absolute Gasteiger partial charge is 0.300 e. The Balaban J connectivity index is 2.07. The fourth-order valence-corrected chi connectivity index (χ4v) is 4.03. The van der Waals surface area contributed by atoms with Crippen molar-refractivity contribution in [3.05, 3.63) is 0 Å². The summed E-state index contributed by atoms with van der Waals surface area (Å²) < 4.78 is 0. The van der Waals surface area contributed by atoms with Crippen LogP contribution in [0, 0.1) is 11.8 Å². The van der Waals surface area contributed by atoms with Gasteiger partial charge in [0.25, 0.3) is 0 Å². The molecule has 0 aromatic heterocycles. The van der Waals surface area contributed by atoms with Gasteiger partial charge >= 0.3 is 0 Å². The smallest absolute Gasteiger partial charge is 0.133 e. The maximum absolute atomic E-state index is 11.1. The number of thioether (sulfide) groups is 1. The highest BCUT2D eigenvalue weighted by molar-refractivity contribution is 8.00. The molecular formula is C9H14OS. The molecule has 0 N–H and O–H groups in total. The predicted octanol–water partition coefficient (Wildman–Crippen LogP) is 2.11. The molecule has 2 fully saturated rings. The summed E-state index contributed by atoms with van der Waals surface area (Å²) in [5, 5.41) is 0.798. The second-order valence-electron chi connectivity index (χ2n) is 3.65. The van der Waals surface area contributed by atoms with Crippen LogP contribution in [0.3, 0.4) is 0 Å². The van der Waals surface area contributed by atoms with Crippen LogP contribution in [-0.2, 0) is 4.79 Å². The number of ketones is 1. The molecule has 1 saturated carbocycles. The van der Waals surface area contributed by atoms with E-state index in [0.717, 1.165) is 29.9 Å². The van der Waals surface area contributed by atoms with Crippen molar-refractivity contribution in [2.24, 2.45) is 11.8 Å². The van der Waals surface area contributed by atoms with E-state index in [9.17, 15) is 4.79 Å². The minimum absolute atomic E-state index is 0.513. The van der Waals surface area contributed by atoms with Crippen LogP contribution < -0.4 is 0 Å². The van der Waals surface area contributed by atoms with Crippen molar-refractivity contribution < 1.29 is 4.79 Å². The van der Waals surface area contributed by atoms with Gasteiger partial charge in [0.2, 0.25) is 0 Å². The lowest BCUT2D eigenvalue weighted by molar-refractivity contribution is -0.117.